The Kier molecular flexibility index (Phi) is 12.1. The molecular formula is H6MoO4P2. The molecule has 0 radical (unpaired) electrons. The van der Waals surface area contributed by atoms with Crippen molar-refractivity contribution in [3.05, 3.63) is 0 Å². The van der Waals surface area contributed by atoms with Gasteiger partial charge in [0.05, 0.1) is 0 Å². The monoisotopic (exact) mass is 230 g/mol. The molecule has 46 valence electrons. The quantitative estimate of drug-likeness (QED) is 0.372. The van der Waals surface area contributed by atoms with Crippen LogP contribution in [0.4, 0.5) is 0 Å². The molecule has 0 aliphatic heterocycles. The first kappa shape index (κ1) is 15.7. The summed E-state index contributed by atoms with van der Waals surface area (Å²) in [4.78, 5) is 21.6. The summed E-state index contributed by atoms with van der Waals surface area (Å²) in [6.07, 6.45) is 0. The van der Waals surface area contributed by atoms with E-state index in [0.29, 0.717) is 0 Å². The van der Waals surface area contributed by atoms with Gasteiger partial charge in [0.1, 0.15) is 0 Å². The van der Waals surface area contributed by atoms with E-state index in [1.54, 1.807) is 0 Å². The first-order valence-electron chi connectivity index (χ1n) is 0.783. The van der Waals surface area contributed by atoms with Crippen LogP contribution >= 0.6 is 17.7 Å². The van der Waals surface area contributed by atoms with E-state index in [2.05, 4.69) is 0 Å². The predicted molar refractivity (Wildman–Crippen MR) is 25.4 cm³/mol. The van der Waals surface area contributed by atoms with Crippen molar-refractivity contribution in [1.82, 2.24) is 0 Å². The predicted octanol–water partition coefficient (Wildman–Crippen LogP) is -0.873. The Bertz CT molecular complexity index is 55.8. The molecular weight excluding hydrogens is 222 g/mol. The summed E-state index contributed by atoms with van der Waals surface area (Å²) in [7, 11) is -4.64. The van der Waals surface area contributed by atoms with Crippen LogP contribution in [0, 0.1) is 0 Å². The zero-order valence-corrected chi connectivity index (χ0v) is 7.63. The van der Waals surface area contributed by atoms with E-state index in [4.69, 9.17) is 19.2 Å². The number of hydrogen-bond acceptors (Lipinski definition) is 1. The number of phosphoric acid groups is 1. The SMILES string of the molecule is O=P(O)(O)O.P.[Mo]. The summed E-state index contributed by atoms with van der Waals surface area (Å²) in [5.41, 5.74) is 0. The van der Waals surface area contributed by atoms with Gasteiger partial charge in [0, 0.05) is 21.1 Å². The zero-order chi connectivity index (χ0) is 4.50. The summed E-state index contributed by atoms with van der Waals surface area (Å²) >= 11 is 0. The molecule has 0 amide bonds. The second-order valence-electron chi connectivity index (χ2n) is 0.513. The van der Waals surface area contributed by atoms with Gasteiger partial charge in [0.25, 0.3) is 0 Å². The molecule has 0 saturated heterocycles. The van der Waals surface area contributed by atoms with Crippen molar-refractivity contribution in [3.63, 3.8) is 0 Å². The van der Waals surface area contributed by atoms with Crippen molar-refractivity contribution in [2.45, 2.75) is 0 Å². The van der Waals surface area contributed by atoms with Crippen molar-refractivity contribution < 1.29 is 40.3 Å². The van der Waals surface area contributed by atoms with Gasteiger partial charge in [-0.1, -0.05) is 0 Å². The first-order valence-corrected chi connectivity index (χ1v) is 2.35. The van der Waals surface area contributed by atoms with E-state index >= 15 is 0 Å². The van der Waals surface area contributed by atoms with Gasteiger partial charge in [-0.3, -0.25) is 0 Å². The summed E-state index contributed by atoms with van der Waals surface area (Å²) in [5.74, 6) is 0. The van der Waals surface area contributed by atoms with Gasteiger partial charge < -0.3 is 14.7 Å². The Morgan fingerprint density at radius 2 is 1.14 bits per heavy atom. The van der Waals surface area contributed by atoms with E-state index in [1.807, 2.05) is 0 Å². The fraction of sp³-hybridized carbons (Fsp3) is 0. The summed E-state index contributed by atoms with van der Waals surface area (Å²) < 4.78 is 8.88. The maximum atomic E-state index is 8.88. The van der Waals surface area contributed by atoms with Gasteiger partial charge in [-0.25, -0.2) is 4.57 Å². The third-order valence-corrected chi connectivity index (χ3v) is 0. The van der Waals surface area contributed by atoms with E-state index in [1.165, 1.54) is 0 Å². The number of hydrogen-bond donors (Lipinski definition) is 3. The second-order valence-corrected chi connectivity index (χ2v) is 1.54. The van der Waals surface area contributed by atoms with Gasteiger partial charge in [-0.2, -0.15) is 9.90 Å². The van der Waals surface area contributed by atoms with Crippen LogP contribution in [0.2, 0.25) is 0 Å². The van der Waals surface area contributed by atoms with Gasteiger partial charge in [0.15, 0.2) is 0 Å². The minimum atomic E-state index is -4.64. The molecule has 0 fully saturated rings. The summed E-state index contributed by atoms with van der Waals surface area (Å²) in [6.45, 7) is 0. The molecule has 0 saturated carbocycles. The normalized spacial score (nSPS) is 8.43. The maximum Gasteiger partial charge on any atom is 0.466 e. The molecule has 3 N–H and O–H groups in total. The Balaban J connectivity index is -0.0000000800. The molecule has 0 spiro atoms. The summed E-state index contributed by atoms with van der Waals surface area (Å²) in [5, 5.41) is 0. The van der Waals surface area contributed by atoms with Crippen LogP contribution in [-0.4, -0.2) is 14.7 Å². The Labute approximate surface area is 58.4 Å². The largest absolute Gasteiger partial charge is 0.466 e. The van der Waals surface area contributed by atoms with E-state index < -0.39 is 7.82 Å². The van der Waals surface area contributed by atoms with Gasteiger partial charge in [-0.05, 0) is 0 Å². The van der Waals surface area contributed by atoms with Crippen molar-refractivity contribution in [2.75, 3.05) is 0 Å². The van der Waals surface area contributed by atoms with Gasteiger partial charge in [-0.15, -0.1) is 0 Å². The van der Waals surface area contributed by atoms with Crippen LogP contribution in [-0.2, 0) is 25.6 Å². The topological polar surface area (TPSA) is 77.8 Å². The third kappa shape index (κ3) is 131. The standard InChI is InChI=1S/Mo.H3O4P.H3P/c;1-5(2,3)4;/h;(H3,1,2,3,4);1H3. The van der Waals surface area contributed by atoms with E-state index in [-0.39, 0.29) is 31.0 Å². The second kappa shape index (κ2) is 5.37. The molecule has 0 bridgehead atoms. The Hall–Kier alpha value is 1.23. The Morgan fingerprint density at radius 3 is 1.14 bits per heavy atom. The average Bonchev–Trinajstić information content (AvgIpc) is 0.722. The minimum Gasteiger partial charge on any atom is -0.303 e. The minimum absolute atomic E-state index is 0. The third-order valence-electron chi connectivity index (χ3n) is 0. The van der Waals surface area contributed by atoms with Crippen molar-refractivity contribution in [1.29, 1.82) is 0 Å². The molecule has 4 nitrogen and oxygen atoms in total. The van der Waals surface area contributed by atoms with Crippen molar-refractivity contribution >= 4 is 17.7 Å². The zero-order valence-electron chi connectivity index (χ0n) is 3.31. The van der Waals surface area contributed by atoms with E-state index in [0.717, 1.165) is 0 Å². The fourth-order valence-electron chi connectivity index (χ4n) is 0. The van der Waals surface area contributed by atoms with Crippen LogP contribution in [0.1, 0.15) is 0 Å². The van der Waals surface area contributed by atoms with Crippen LogP contribution in [0.3, 0.4) is 0 Å². The molecule has 1 atom stereocenters. The molecule has 0 heterocycles. The summed E-state index contributed by atoms with van der Waals surface area (Å²) in [6, 6.07) is 0. The van der Waals surface area contributed by atoms with Crippen LogP contribution in [0.5, 0.6) is 0 Å². The first-order chi connectivity index (χ1) is 2.00. The molecule has 7 heavy (non-hydrogen) atoms. The van der Waals surface area contributed by atoms with Crippen molar-refractivity contribution in [3.8, 4) is 0 Å². The van der Waals surface area contributed by atoms with Crippen LogP contribution in [0.15, 0.2) is 0 Å². The van der Waals surface area contributed by atoms with Crippen molar-refractivity contribution in [2.24, 2.45) is 0 Å². The molecule has 1 unspecified atom stereocenters. The average molecular weight is 228 g/mol. The number of rotatable bonds is 0. The fourth-order valence-corrected chi connectivity index (χ4v) is 0. The van der Waals surface area contributed by atoms with E-state index in [9.17, 15) is 0 Å². The molecule has 0 aliphatic carbocycles. The molecule has 0 aromatic carbocycles. The maximum absolute atomic E-state index is 8.88. The van der Waals surface area contributed by atoms with Gasteiger partial charge >= 0.3 is 7.82 Å². The molecule has 0 aliphatic rings. The molecule has 0 aromatic heterocycles. The van der Waals surface area contributed by atoms with Gasteiger partial charge in [0.2, 0.25) is 0 Å². The van der Waals surface area contributed by atoms with Crippen LogP contribution < -0.4 is 0 Å². The molecule has 7 heteroatoms. The smallest absolute Gasteiger partial charge is 0.303 e. The van der Waals surface area contributed by atoms with Crippen LogP contribution in [0.25, 0.3) is 0 Å². The Morgan fingerprint density at radius 1 is 1.14 bits per heavy atom. The molecule has 0 rings (SSSR count). The molecule has 0 aromatic rings.